The molecule has 1 fully saturated rings. The van der Waals surface area contributed by atoms with Crippen LogP contribution in [0.4, 0.5) is 10.1 Å². The lowest BCUT2D eigenvalue weighted by molar-refractivity contribution is 0.0606. The molecule has 4 nitrogen and oxygen atoms in total. The Morgan fingerprint density at radius 1 is 1.44 bits per heavy atom. The smallest absolute Gasteiger partial charge is 0.151 e. The molecule has 0 aromatic heterocycles. The van der Waals surface area contributed by atoms with E-state index in [-0.39, 0.29) is 17.5 Å². The minimum atomic E-state index is -0.553. The Hall–Kier alpha value is -1.49. The summed E-state index contributed by atoms with van der Waals surface area (Å²) in [5, 5.41) is 12.3. The van der Waals surface area contributed by atoms with Gasteiger partial charge in [0.15, 0.2) is 5.75 Å². The summed E-state index contributed by atoms with van der Waals surface area (Å²) in [7, 11) is 0. The van der Waals surface area contributed by atoms with Gasteiger partial charge in [-0.25, -0.2) is 4.39 Å². The third-order valence-corrected chi connectivity index (χ3v) is 2.72. The SMILES string of the molecule is O=Nc1ccc(F)cc1O[C@@H]1CCC[C@@H]1O. The molecule has 16 heavy (non-hydrogen) atoms. The normalized spacial score (nSPS) is 24.4. The van der Waals surface area contributed by atoms with Crippen LogP contribution in [0.25, 0.3) is 0 Å². The summed E-state index contributed by atoms with van der Waals surface area (Å²) >= 11 is 0. The van der Waals surface area contributed by atoms with Crippen molar-refractivity contribution in [2.75, 3.05) is 0 Å². The number of halogens is 1. The molecule has 2 rings (SSSR count). The molecule has 1 saturated carbocycles. The van der Waals surface area contributed by atoms with Crippen molar-refractivity contribution in [1.29, 1.82) is 0 Å². The van der Waals surface area contributed by atoms with Gasteiger partial charge in [-0.05, 0) is 36.6 Å². The molecular formula is C11H12FNO3. The summed E-state index contributed by atoms with van der Waals surface area (Å²) in [5.74, 6) is -0.393. The Morgan fingerprint density at radius 2 is 2.25 bits per heavy atom. The standard InChI is InChI=1S/C11H12FNO3/c12-7-4-5-8(13-15)11(6-7)16-10-3-1-2-9(10)14/h4-6,9-10,14H,1-3H2/t9-,10+/m0/s1. The highest BCUT2D eigenvalue weighted by molar-refractivity contribution is 5.51. The summed E-state index contributed by atoms with van der Waals surface area (Å²) in [6, 6.07) is 3.52. The topological polar surface area (TPSA) is 58.9 Å². The summed E-state index contributed by atoms with van der Waals surface area (Å²) in [6.07, 6.45) is 1.32. The molecule has 0 amide bonds. The van der Waals surface area contributed by atoms with Crippen molar-refractivity contribution >= 4 is 5.69 Å². The highest BCUT2D eigenvalue weighted by Crippen LogP contribution is 2.32. The maximum Gasteiger partial charge on any atom is 0.151 e. The predicted octanol–water partition coefficient (Wildman–Crippen LogP) is 2.52. The molecule has 0 saturated heterocycles. The monoisotopic (exact) mass is 225 g/mol. The fourth-order valence-corrected chi connectivity index (χ4v) is 1.86. The van der Waals surface area contributed by atoms with E-state index in [1.165, 1.54) is 6.07 Å². The molecule has 1 aromatic rings. The summed E-state index contributed by atoms with van der Waals surface area (Å²) in [5.41, 5.74) is 0.0560. The molecule has 86 valence electrons. The lowest BCUT2D eigenvalue weighted by Crippen LogP contribution is -2.25. The van der Waals surface area contributed by atoms with Gasteiger partial charge in [-0.2, -0.15) is 0 Å². The van der Waals surface area contributed by atoms with Crippen molar-refractivity contribution in [3.8, 4) is 5.75 Å². The minimum absolute atomic E-state index is 0.0560. The zero-order chi connectivity index (χ0) is 11.5. The molecule has 1 aromatic carbocycles. The van der Waals surface area contributed by atoms with E-state index in [9.17, 15) is 14.4 Å². The molecule has 0 unspecified atom stereocenters. The molecule has 0 bridgehead atoms. The maximum absolute atomic E-state index is 13.0. The van der Waals surface area contributed by atoms with Crippen LogP contribution < -0.4 is 4.74 Å². The van der Waals surface area contributed by atoms with E-state index in [1.807, 2.05) is 0 Å². The first-order valence-electron chi connectivity index (χ1n) is 5.18. The molecule has 5 heteroatoms. The van der Waals surface area contributed by atoms with E-state index in [1.54, 1.807) is 0 Å². The van der Waals surface area contributed by atoms with Crippen LogP contribution in [0.2, 0.25) is 0 Å². The van der Waals surface area contributed by atoms with Gasteiger partial charge < -0.3 is 9.84 Å². The lowest BCUT2D eigenvalue weighted by Gasteiger charge is -2.17. The molecule has 0 radical (unpaired) electrons. The van der Waals surface area contributed by atoms with E-state index >= 15 is 0 Å². The Morgan fingerprint density at radius 3 is 2.88 bits per heavy atom. The number of hydrogen-bond acceptors (Lipinski definition) is 4. The van der Waals surface area contributed by atoms with Gasteiger partial charge in [-0.15, -0.1) is 4.91 Å². The van der Waals surface area contributed by atoms with Crippen LogP contribution in [0.3, 0.4) is 0 Å². The summed E-state index contributed by atoms with van der Waals surface area (Å²) in [4.78, 5) is 10.5. The molecule has 1 aliphatic carbocycles. The van der Waals surface area contributed by atoms with E-state index < -0.39 is 11.9 Å². The fraction of sp³-hybridized carbons (Fsp3) is 0.455. The molecule has 1 aliphatic rings. The van der Waals surface area contributed by atoms with Gasteiger partial charge in [-0.3, -0.25) is 0 Å². The highest BCUT2D eigenvalue weighted by Gasteiger charge is 2.27. The second kappa shape index (κ2) is 4.57. The zero-order valence-electron chi connectivity index (χ0n) is 8.60. The average Bonchev–Trinajstić information content (AvgIpc) is 2.65. The zero-order valence-corrected chi connectivity index (χ0v) is 8.60. The number of rotatable bonds is 3. The van der Waals surface area contributed by atoms with Crippen molar-refractivity contribution in [3.63, 3.8) is 0 Å². The second-order valence-corrected chi connectivity index (χ2v) is 3.86. The van der Waals surface area contributed by atoms with Crippen LogP contribution in [-0.4, -0.2) is 17.3 Å². The van der Waals surface area contributed by atoms with Crippen LogP contribution in [-0.2, 0) is 0 Å². The lowest BCUT2D eigenvalue weighted by atomic mass is 10.2. The molecule has 0 aliphatic heterocycles. The molecule has 1 N–H and O–H groups in total. The van der Waals surface area contributed by atoms with Crippen molar-refractivity contribution < 1.29 is 14.2 Å². The van der Waals surface area contributed by atoms with Crippen LogP contribution in [0, 0.1) is 10.7 Å². The van der Waals surface area contributed by atoms with E-state index in [0.717, 1.165) is 18.6 Å². The number of nitroso groups, excluding NO2 is 1. The van der Waals surface area contributed by atoms with Crippen LogP contribution in [0.5, 0.6) is 5.75 Å². The van der Waals surface area contributed by atoms with Gasteiger partial charge in [0.1, 0.15) is 17.6 Å². The quantitative estimate of drug-likeness (QED) is 0.804. The maximum atomic E-state index is 13.0. The molecule has 0 heterocycles. The van der Waals surface area contributed by atoms with Gasteiger partial charge in [0.25, 0.3) is 0 Å². The van der Waals surface area contributed by atoms with Gasteiger partial charge in [-0.1, -0.05) is 0 Å². The van der Waals surface area contributed by atoms with Gasteiger partial charge in [0.05, 0.1) is 6.10 Å². The number of ether oxygens (including phenoxy) is 1. The van der Waals surface area contributed by atoms with Gasteiger partial charge >= 0.3 is 0 Å². The average molecular weight is 225 g/mol. The number of benzene rings is 1. The molecular weight excluding hydrogens is 213 g/mol. The van der Waals surface area contributed by atoms with E-state index in [0.29, 0.717) is 12.8 Å². The summed E-state index contributed by atoms with van der Waals surface area (Å²) in [6.45, 7) is 0. The number of hydrogen-bond donors (Lipinski definition) is 1. The van der Waals surface area contributed by atoms with Gasteiger partial charge in [0, 0.05) is 6.07 Å². The minimum Gasteiger partial charge on any atom is -0.485 e. The third-order valence-electron chi connectivity index (χ3n) is 2.72. The fourth-order valence-electron chi connectivity index (χ4n) is 1.86. The first kappa shape index (κ1) is 11.0. The van der Waals surface area contributed by atoms with E-state index in [2.05, 4.69) is 5.18 Å². The molecule has 0 spiro atoms. The first-order valence-corrected chi connectivity index (χ1v) is 5.18. The number of aliphatic hydroxyl groups excluding tert-OH is 1. The highest BCUT2D eigenvalue weighted by atomic mass is 19.1. The van der Waals surface area contributed by atoms with E-state index in [4.69, 9.17) is 4.74 Å². The van der Waals surface area contributed by atoms with Crippen LogP contribution in [0.15, 0.2) is 23.4 Å². The number of aliphatic hydroxyl groups is 1. The predicted molar refractivity (Wildman–Crippen MR) is 56.1 cm³/mol. The van der Waals surface area contributed by atoms with Crippen molar-refractivity contribution in [3.05, 3.63) is 28.9 Å². The van der Waals surface area contributed by atoms with Crippen LogP contribution in [0.1, 0.15) is 19.3 Å². The summed E-state index contributed by atoms with van der Waals surface area (Å²) < 4.78 is 18.4. The van der Waals surface area contributed by atoms with Crippen molar-refractivity contribution in [1.82, 2.24) is 0 Å². The first-order chi connectivity index (χ1) is 7.70. The molecule has 2 atom stereocenters. The third kappa shape index (κ3) is 2.19. The Bertz CT molecular complexity index is 397. The Labute approximate surface area is 92.0 Å². The van der Waals surface area contributed by atoms with Gasteiger partial charge in [0.2, 0.25) is 0 Å². The van der Waals surface area contributed by atoms with Crippen molar-refractivity contribution in [2.24, 2.45) is 5.18 Å². The largest absolute Gasteiger partial charge is 0.485 e. The number of nitrogens with zero attached hydrogens (tertiary/aromatic N) is 1. The van der Waals surface area contributed by atoms with Crippen LogP contribution >= 0.6 is 0 Å². The Balaban J connectivity index is 2.19. The Kier molecular flexibility index (Phi) is 3.14. The van der Waals surface area contributed by atoms with Crippen molar-refractivity contribution in [2.45, 2.75) is 31.5 Å². The second-order valence-electron chi connectivity index (χ2n) is 3.86.